The lowest BCUT2D eigenvalue weighted by molar-refractivity contribution is 0.0761. The fraction of sp³-hybridized carbons (Fsp3) is 0.269. The summed E-state index contributed by atoms with van der Waals surface area (Å²) in [5, 5.41) is 0. The first kappa shape index (κ1) is 23.9. The van der Waals surface area contributed by atoms with Crippen LogP contribution in [0.5, 0.6) is 0 Å². The van der Waals surface area contributed by atoms with Gasteiger partial charge in [-0.2, -0.15) is 0 Å². The number of anilines is 1. The molecule has 0 aliphatic carbocycles. The van der Waals surface area contributed by atoms with Gasteiger partial charge >= 0.3 is 0 Å². The van der Waals surface area contributed by atoms with Gasteiger partial charge in [-0.1, -0.05) is 29.8 Å². The molecule has 1 fully saturated rings. The molecule has 0 unspecified atom stereocenters. The Morgan fingerprint density at radius 1 is 0.882 bits per heavy atom. The van der Waals surface area contributed by atoms with Crippen molar-refractivity contribution >= 4 is 21.6 Å². The molecule has 34 heavy (non-hydrogen) atoms. The van der Waals surface area contributed by atoms with Crippen LogP contribution in [0, 0.1) is 12.7 Å². The molecule has 8 heteroatoms. The molecule has 178 valence electrons. The fourth-order valence-electron chi connectivity index (χ4n) is 3.98. The van der Waals surface area contributed by atoms with Crippen LogP contribution in [0.25, 0.3) is 0 Å². The van der Waals surface area contributed by atoms with Crippen LogP contribution in [0.15, 0.2) is 77.7 Å². The highest BCUT2D eigenvalue weighted by Gasteiger charge is 2.21. The molecule has 1 N–H and O–H groups in total. The van der Waals surface area contributed by atoms with Crippen LogP contribution in [0.4, 0.5) is 10.1 Å². The number of hydrogen-bond acceptors (Lipinski definition) is 4. The smallest absolute Gasteiger partial charge is 0.261 e. The molecule has 1 amide bonds. The van der Waals surface area contributed by atoms with Crippen LogP contribution in [0.1, 0.15) is 27.9 Å². The van der Waals surface area contributed by atoms with E-state index in [2.05, 4.69) is 9.62 Å². The van der Waals surface area contributed by atoms with E-state index in [1.54, 1.807) is 41.3 Å². The van der Waals surface area contributed by atoms with Gasteiger partial charge in [0.05, 0.1) is 4.90 Å². The number of halogens is 1. The monoisotopic (exact) mass is 481 g/mol. The molecular formula is C26H28FN3O3S. The van der Waals surface area contributed by atoms with Gasteiger partial charge in [-0.3, -0.25) is 14.4 Å². The van der Waals surface area contributed by atoms with E-state index in [4.69, 9.17) is 0 Å². The molecule has 0 bridgehead atoms. The summed E-state index contributed by atoms with van der Waals surface area (Å²) < 4.78 is 41.1. The third-order valence-corrected chi connectivity index (χ3v) is 7.31. The molecule has 0 saturated carbocycles. The molecule has 0 spiro atoms. The summed E-state index contributed by atoms with van der Waals surface area (Å²) >= 11 is 0. The van der Waals surface area contributed by atoms with Gasteiger partial charge in [-0.05, 0) is 67.4 Å². The first-order chi connectivity index (χ1) is 16.3. The van der Waals surface area contributed by atoms with E-state index in [1.807, 2.05) is 19.1 Å². The Morgan fingerprint density at radius 2 is 1.56 bits per heavy atom. The molecule has 3 aromatic rings. The highest BCUT2D eigenvalue weighted by atomic mass is 32.2. The molecule has 0 aromatic heterocycles. The van der Waals surface area contributed by atoms with Gasteiger partial charge in [-0.15, -0.1) is 0 Å². The number of amides is 1. The minimum absolute atomic E-state index is 0.103. The highest BCUT2D eigenvalue weighted by molar-refractivity contribution is 7.92. The summed E-state index contributed by atoms with van der Waals surface area (Å²) in [5.74, 6) is -0.361. The topological polar surface area (TPSA) is 69.7 Å². The SMILES string of the molecule is Cc1ccc(NS(=O)(=O)c2ccc(C(=O)N3CCCN(Cc4ccc(F)cc4)CC3)cc2)cc1. The molecule has 3 aromatic carbocycles. The molecular weight excluding hydrogens is 453 g/mol. The van der Waals surface area contributed by atoms with Gasteiger partial charge in [0.25, 0.3) is 15.9 Å². The maximum atomic E-state index is 13.1. The van der Waals surface area contributed by atoms with Crippen LogP contribution >= 0.6 is 0 Å². The molecule has 0 atom stereocenters. The van der Waals surface area contributed by atoms with Gasteiger partial charge in [0.15, 0.2) is 0 Å². The Morgan fingerprint density at radius 3 is 2.24 bits per heavy atom. The molecule has 4 rings (SSSR count). The van der Waals surface area contributed by atoms with Crippen molar-refractivity contribution in [2.24, 2.45) is 0 Å². The maximum absolute atomic E-state index is 13.1. The van der Waals surface area contributed by atoms with Crippen molar-refractivity contribution in [3.63, 3.8) is 0 Å². The number of nitrogens with zero attached hydrogens (tertiary/aromatic N) is 2. The number of sulfonamides is 1. The highest BCUT2D eigenvalue weighted by Crippen LogP contribution is 2.19. The van der Waals surface area contributed by atoms with E-state index in [0.717, 1.165) is 30.6 Å². The lowest BCUT2D eigenvalue weighted by Gasteiger charge is -2.22. The van der Waals surface area contributed by atoms with Gasteiger partial charge < -0.3 is 4.90 Å². The predicted octanol–water partition coefficient (Wildman–Crippen LogP) is 4.28. The number of nitrogens with one attached hydrogen (secondary N) is 1. The van der Waals surface area contributed by atoms with Crippen LogP contribution in [0.3, 0.4) is 0 Å². The van der Waals surface area contributed by atoms with Gasteiger partial charge in [0.2, 0.25) is 0 Å². The zero-order chi connectivity index (χ0) is 24.1. The molecule has 1 heterocycles. The molecule has 1 saturated heterocycles. The summed E-state index contributed by atoms with van der Waals surface area (Å²) in [6, 6.07) is 19.6. The number of rotatable bonds is 6. The van der Waals surface area contributed by atoms with Crippen molar-refractivity contribution in [1.29, 1.82) is 0 Å². The molecule has 0 radical (unpaired) electrons. The Hall–Kier alpha value is -3.23. The van der Waals surface area contributed by atoms with E-state index in [9.17, 15) is 17.6 Å². The zero-order valence-corrected chi connectivity index (χ0v) is 19.9. The molecule has 6 nitrogen and oxygen atoms in total. The van der Waals surface area contributed by atoms with Crippen LogP contribution in [0.2, 0.25) is 0 Å². The molecule has 1 aliphatic heterocycles. The average Bonchev–Trinajstić information content (AvgIpc) is 3.07. The molecule has 1 aliphatic rings. The lowest BCUT2D eigenvalue weighted by Crippen LogP contribution is -2.35. The predicted molar refractivity (Wildman–Crippen MR) is 131 cm³/mol. The third kappa shape index (κ3) is 6.01. The van der Waals surface area contributed by atoms with Gasteiger partial charge in [0, 0.05) is 44.0 Å². The number of carbonyl (C=O) groups excluding carboxylic acids is 1. The Balaban J connectivity index is 1.37. The fourth-order valence-corrected chi connectivity index (χ4v) is 5.03. The van der Waals surface area contributed by atoms with Crippen molar-refractivity contribution in [3.05, 3.63) is 95.3 Å². The Labute approximate surface area is 200 Å². The number of carbonyl (C=O) groups is 1. The van der Waals surface area contributed by atoms with E-state index >= 15 is 0 Å². The van der Waals surface area contributed by atoms with Crippen molar-refractivity contribution in [2.75, 3.05) is 30.9 Å². The lowest BCUT2D eigenvalue weighted by atomic mass is 10.2. The second-order valence-corrected chi connectivity index (χ2v) is 10.2. The largest absolute Gasteiger partial charge is 0.337 e. The average molecular weight is 482 g/mol. The standard InChI is InChI=1S/C26H28FN3O3S/c1-20-3-11-24(12-4-20)28-34(32,33)25-13-7-22(8-14-25)26(31)30-16-2-15-29(17-18-30)19-21-5-9-23(27)10-6-21/h3-14,28H,2,15-19H2,1H3. The first-order valence-corrected chi connectivity index (χ1v) is 12.7. The van der Waals surface area contributed by atoms with Crippen LogP contribution < -0.4 is 4.72 Å². The Kier molecular flexibility index (Phi) is 7.29. The number of hydrogen-bond donors (Lipinski definition) is 1. The minimum atomic E-state index is -3.74. The maximum Gasteiger partial charge on any atom is 0.261 e. The van der Waals surface area contributed by atoms with Crippen molar-refractivity contribution in [3.8, 4) is 0 Å². The summed E-state index contributed by atoms with van der Waals surface area (Å²) in [6.07, 6.45) is 0.833. The van der Waals surface area contributed by atoms with Crippen LogP contribution in [-0.2, 0) is 16.6 Å². The Bertz CT molecular complexity index is 1230. The summed E-state index contributed by atoms with van der Waals surface area (Å²) in [4.78, 5) is 17.2. The van der Waals surface area contributed by atoms with E-state index in [-0.39, 0.29) is 16.6 Å². The summed E-state index contributed by atoms with van der Waals surface area (Å²) in [5.41, 5.74) is 3.02. The summed E-state index contributed by atoms with van der Waals surface area (Å²) in [6.45, 7) is 5.42. The van der Waals surface area contributed by atoms with Gasteiger partial charge in [0.1, 0.15) is 5.82 Å². The van der Waals surface area contributed by atoms with Crippen molar-refractivity contribution in [1.82, 2.24) is 9.80 Å². The van der Waals surface area contributed by atoms with E-state index in [1.165, 1.54) is 24.3 Å². The van der Waals surface area contributed by atoms with Gasteiger partial charge in [-0.25, -0.2) is 12.8 Å². The minimum Gasteiger partial charge on any atom is -0.337 e. The van der Waals surface area contributed by atoms with Crippen molar-refractivity contribution < 1.29 is 17.6 Å². The van der Waals surface area contributed by atoms with E-state index < -0.39 is 10.0 Å². The van der Waals surface area contributed by atoms with Crippen LogP contribution in [-0.4, -0.2) is 50.3 Å². The normalized spacial score (nSPS) is 15.1. The quantitative estimate of drug-likeness (QED) is 0.571. The third-order valence-electron chi connectivity index (χ3n) is 5.91. The first-order valence-electron chi connectivity index (χ1n) is 11.3. The zero-order valence-electron chi connectivity index (χ0n) is 19.1. The van der Waals surface area contributed by atoms with Crippen molar-refractivity contribution in [2.45, 2.75) is 24.8 Å². The summed E-state index contributed by atoms with van der Waals surface area (Å²) in [7, 11) is -3.74. The second-order valence-electron chi connectivity index (χ2n) is 8.54. The number of benzene rings is 3. The number of aryl methyl sites for hydroxylation is 1. The van der Waals surface area contributed by atoms with E-state index in [0.29, 0.717) is 30.9 Å². The second kappa shape index (κ2) is 10.4.